The fraction of sp³-hybridized carbons (Fsp3) is 0.417. The van der Waals surface area contributed by atoms with Gasteiger partial charge in [0, 0.05) is 6.54 Å². The summed E-state index contributed by atoms with van der Waals surface area (Å²) in [5.41, 5.74) is 6.94. The Hall–Kier alpha value is -1.26. The van der Waals surface area contributed by atoms with Gasteiger partial charge in [-0.25, -0.2) is 0 Å². The van der Waals surface area contributed by atoms with Gasteiger partial charge in [0.05, 0.1) is 17.3 Å². The first-order valence-electron chi connectivity index (χ1n) is 5.58. The zero-order chi connectivity index (χ0) is 12.4. The first-order valence-corrected chi connectivity index (χ1v) is 5.96. The van der Waals surface area contributed by atoms with Crippen molar-refractivity contribution in [2.75, 3.05) is 11.4 Å². The van der Waals surface area contributed by atoms with E-state index in [1.807, 2.05) is 11.0 Å². The molecule has 1 aliphatic heterocycles. The SMILES string of the molecule is NC(=O)C1CCCN1c1ccc(CO)cc1Cl. The van der Waals surface area contributed by atoms with E-state index in [2.05, 4.69) is 0 Å². The predicted octanol–water partition coefficient (Wildman–Crippen LogP) is 1.29. The number of anilines is 1. The summed E-state index contributed by atoms with van der Waals surface area (Å²) in [5, 5.41) is 9.56. The molecule has 0 bridgehead atoms. The summed E-state index contributed by atoms with van der Waals surface area (Å²) in [4.78, 5) is 13.3. The number of carbonyl (C=O) groups is 1. The lowest BCUT2D eigenvalue weighted by Gasteiger charge is -2.25. The Morgan fingerprint density at radius 2 is 2.35 bits per heavy atom. The minimum atomic E-state index is -0.315. The molecule has 0 radical (unpaired) electrons. The Balaban J connectivity index is 2.30. The first kappa shape index (κ1) is 12.2. The number of primary amides is 1. The predicted molar refractivity (Wildman–Crippen MR) is 66.9 cm³/mol. The van der Waals surface area contributed by atoms with Gasteiger partial charge in [0.2, 0.25) is 5.91 Å². The average molecular weight is 255 g/mol. The normalized spacial score (nSPS) is 19.6. The molecule has 1 saturated heterocycles. The number of hydrogen-bond donors (Lipinski definition) is 2. The number of benzene rings is 1. The van der Waals surface area contributed by atoms with Crippen molar-refractivity contribution in [3.8, 4) is 0 Å². The maximum atomic E-state index is 11.3. The molecule has 0 spiro atoms. The van der Waals surface area contributed by atoms with Crippen LogP contribution >= 0.6 is 11.6 Å². The lowest BCUT2D eigenvalue weighted by molar-refractivity contribution is -0.119. The van der Waals surface area contributed by atoms with Crippen LogP contribution in [0.2, 0.25) is 5.02 Å². The Morgan fingerprint density at radius 3 is 2.94 bits per heavy atom. The van der Waals surface area contributed by atoms with Crippen LogP contribution in [-0.2, 0) is 11.4 Å². The van der Waals surface area contributed by atoms with E-state index < -0.39 is 0 Å². The van der Waals surface area contributed by atoms with Gasteiger partial charge in [-0.2, -0.15) is 0 Å². The molecule has 1 heterocycles. The molecule has 3 N–H and O–H groups in total. The molecule has 5 heteroatoms. The van der Waals surface area contributed by atoms with Gasteiger partial charge in [-0.3, -0.25) is 4.79 Å². The third-order valence-electron chi connectivity index (χ3n) is 3.09. The number of hydrogen-bond acceptors (Lipinski definition) is 3. The summed E-state index contributed by atoms with van der Waals surface area (Å²) < 4.78 is 0. The number of nitrogens with zero attached hydrogens (tertiary/aromatic N) is 1. The molecule has 2 rings (SSSR count). The monoisotopic (exact) mass is 254 g/mol. The molecule has 1 aromatic carbocycles. The van der Waals surface area contributed by atoms with E-state index in [-0.39, 0.29) is 18.6 Å². The number of aliphatic hydroxyl groups excluding tert-OH is 1. The maximum absolute atomic E-state index is 11.3. The smallest absolute Gasteiger partial charge is 0.240 e. The highest BCUT2D eigenvalue weighted by Crippen LogP contribution is 2.32. The standard InChI is InChI=1S/C12H15ClN2O2/c13-9-6-8(7-16)3-4-10(9)15-5-1-2-11(15)12(14)17/h3-4,6,11,16H,1-2,5,7H2,(H2,14,17). The first-order chi connectivity index (χ1) is 8.13. The Bertz CT molecular complexity index is 437. The van der Waals surface area contributed by atoms with Gasteiger partial charge in [0.25, 0.3) is 0 Å². The van der Waals surface area contributed by atoms with Crippen LogP contribution in [0, 0.1) is 0 Å². The number of carbonyl (C=O) groups excluding carboxylic acids is 1. The molecule has 1 amide bonds. The third kappa shape index (κ3) is 2.37. The van der Waals surface area contributed by atoms with Gasteiger partial charge in [-0.15, -0.1) is 0 Å². The second-order valence-electron chi connectivity index (χ2n) is 4.20. The van der Waals surface area contributed by atoms with E-state index in [9.17, 15) is 4.79 Å². The van der Waals surface area contributed by atoms with Gasteiger partial charge in [-0.05, 0) is 30.5 Å². The van der Waals surface area contributed by atoms with E-state index in [1.54, 1.807) is 12.1 Å². The molecule has 0 saturated carbocycles. The minimum Gasteiger partial charge on any atom is -0.392 e. The number of aliphatic hydroxyl groups is 1. The molecular weight excluding hydrogens is 240 g/mol. The fourth-order valence-corrected chi connectivity index (χ4v) is 2.54. The molecule has 0 aromatic heterocycles. The van der Waals surface area contributed by atoms with Crippen molar-refractivity contribution in [1.82, 2.24) is 0 Å². The molecule has 1 aliphatic rings. The van der Waals surface area contributed by atoms with Crippen molar-refractivity contribution in [3.05, 3.63) is 28.8 Å². The largest absolute Gasteiger partial charge is 0.392 e. The number of nitrogens with two attached hydrogens (primary N) is 1. The molecular formula is C12H15ClN2O2. The van der Waals surface area contributed by atoms with Crippen LogP contribution in [0.25, 0.3) is 0 Å². The second kappa shape index (κ2) is 4.94. The van der Waals surface area contributed by atoms with E-state index >= 15 is 0 Å². The number of halogens is 1. The van der Waals surface area contributed by atoms with E-state index in [1.165, 1.54) is 0 Å². The third-order valence-corrected chi connectivity index (χ3v) is 3.39. The highest BCUT2D eigenvalue weighted by molar-refractivity contribution is 6.33. The summed E-state index contributed by atoms with van der Waals surface area (Å²) in [5.74, 6) is -0.315. The van der Waals surface area contributed by atoms with E-state index in [0.29, 0.717) is 5.02 Å². The van der Waals surface area contributed by atoms with Crippen LogP contribution in [0.5, 0.6) is 0 Å². The van der Waals surface area contributed by atoms with Gasteiger partial charge in [0.1, 0.15) is 6.04 Å². The van der Waals surface area contributed by atoms with Gasteiger partial charge in [0.15, 0.2) is 0 Å². The van der Waals surface area contributed by atoms with Gasteiger partial charge < -0.3 is 15.7 Å². The molecule has 92 valence electrons. The van der Waals surface area contributed by atoms with Crippen molar-refractivity contribution >= 4 is 23.2 Å². The van der Waals surface area contributed by atoms with Crippen molar-refractivity contribution < 1.29 is 9.90 Å². The highest BCUT2D eigenvalue weighted by atomic mass is 35.5. The molecule has 4 nitrogen and oxygen atoms in total. The molecule has 1 fully saturated rings. The Kier molecular flexibility index (Phi) is 3.54. The molecule has 17 heavy (non-hydrogen) atoms. The maximum Gasteiger partial charge on any atom is 0.240 e. The second-order valence-corrected chi connectivity index (χ2v) is 4.60. The van der Waals surface area contributed by atoms with Crippen LogP contribution < -0.4 is 10.6 Å². The molecule has 0 aliphatic carbocycles. The Morgan fingerprint density at radius 1 is 1.59 bits per heavy atom. The van der Waals surface area contributed by atoms with Crippen LogP contribution in [0.3, 0.4) is 0 Å². The minimum absolute atomic E-state index is 0.0424. The van der Waals surface area contributed by atoms with Crippen molar-refractivity contribution in [2.45, 2.75) is 25.5 Å². The van der Waals surface area contributed by atoms with E-state index in [4.69, 9.17) is 22.4 Å². The van der Waals surface area contributed by atoms with Crippen molar-refractivity contribution in [1.29, 1.82) is 0 Å². The van der Waals surface area contributed by atoms with Crippen molar-refractivity contribution in [2.24, 2.45) is 5.73 Å². The quantitative estimate of drug-likeness (QED) is 0.854. The van der Waals surface area contributed by atoms with Gasteiger partial charge >= 0.3 is 0 Å². The lowest BCUT2D eigenvalue weighted by Crippen LogP contribution is -2.40. The topological polar surface area (TPSA) is 66.6 Å². The molecule has 1 aromatic rings. The number of amides is 1. The summed E-state index contributed by atoms with van der Waals surface area (Å²) in [7, 11) is 0. The summed E-state index contributed by atoms with van der Waals surface area (Å²) in [6.07, 6.45) is 1.71. The van der Waals surface area contributed by atoms with Crippen LogP contribution in [0.4, 0.5) is 5.69 Å². The molecule has 1 unspecified atom stereocenters. The van der Waals surface area contributed by atoms with Gasteiger partial charge in [-0.1, -0.05) is 17.7 Å². The Labute approximate surface area is 105 Å². The average Bonchev–Trinajstić information content (AvgIpc) is 2.77. The van der Waals surface area contributed by atoms with E-state index in [0.717, 1.165) is 30.6 Å². The lowest BCUT2D eigenvalue weighted by atomic mass is 10.1. The summed E-state index contributed by atoms with van der Waals surface area (Å²) in [6.45, 7) is 0.741. The van der Waals surface area contributed by atoms with Crippen molar-refractivity contribution in [3.63, 3.8) is 0 Å². The zero-order valence-corrected chi connectivity index (χ0v) is 10.2. The molecule has 1 atom stereocenters. The summed E-state index contributed by atoms with van der Waals surface area (Å²) >= 11 is 6.15. The number of rotatable bonds is 3. The summed E-state index contributed by atoms with van der Waals surface area (Å²) in [6, 6.07) is 5.08. The van der Waals surface area contributed by atoms with Crippen LogP contribution in [0.1, 0.15) is 18.4 Å². The zero-order valence-electron chi connectivity index (χ0n) is 9.40. The highest BCUT2D eigenvalue weighted by Gasteiger charge is 2.30. The van der Waals surface area contributed by atoms with Crippen LogP contribution in [-0.4, -0.2) is 23.6 Å². The van der Waals surface area contributed by atoms with Crippen LogP contribution in [0.15, 0.2) is 18.2 Å². The fourth-order valence-electron chi connectivity index (χ4n) is 2.23.